The smallest absolute Gasteiger partial charge is 0.238 e. The number of halogens is 1. The van der Waals surface area contributed by atoms with Crippen molar-refractivity contribution in [2.24, 2.45) is 0 Å². The lowest BCUT2D eigenvalue weighted by atomic mass is 10.1. The van der Waals surface area contributed by atoms with Crippen molar-refractivity contribution < 1.29 is 14.0 Å². The van der Waals surface area contributed by atoms with Gasteiger partial charge in [-0.2, -0.15) is 0 Å². The van der Waals surface area contributed by atoms with Gasteiger partial charge in [0, 0.05) is 38.4 Å². The molecule has 0 bridgehead atoms. The molecule has 1 aliphatic rings. The van der Waals surface area contributed by atoms with Gasteiger partial charge in [0.05, 0.1) is 12.6 Å². The van der Waals surface area contributed by atoms with E-state index in [0.717, 1.165) is 5.56 Å². The highest BCUT2D eigenvalue weighted by Gasteiger charge is 2.26. The number of aryl methyl sites for hydroxylation is 1. The van der Waals surface area contributed by atoms with E-state index in [9.17, 15) is 14.0 Å². The minimum Gasteiger partial charge on any atom is -0.351 e. The van der Waals surface area contributed by atoms with E-state index in [1.165, 1.54) is 17.7 Å². The number of benzene rings is 2. The summed E-state index contributed by atoms with van der Waals surface area (Å²) in [6.45, 7) is 7.55. The third-order valence-electron chi connectivity index (χ3n) is 5.40. The van der Waals surface area contributed by atoms with Gasteiger partial charge in [0.15, 0.2) is 0 Å². The van der Waals surface area contributed by atoms with Crippen LogP contribution in [0, 0.1) is 12.7 Å². The van der Waals surface area contributed by atoms with Crippen LogP contribution in [0.3, 0.4) is 0 Å². The SMILES string of the molecule is Cc1ccc(CNC(=O)[C@H](C)N2CCN(CC(=O)Nc3cccc(F)c3)CC2)cc1. The molecule has 2 aromatic rings. The van der Waals surface area contributed by atoms with Crippen molar-refractivity contribution in [2.75, 3.05) is 38.0 Å². The van der Waals surface area contributed by atoms with Crippen LogP contribution in [0.5, 0.6) is 0 Å². The fourth-order valence-corrected chi connectivity index (χ4v) is 3.49. The monoisotopic (exact) mass is 412 g/mol. The Kier molecular flexibility index (Phi) is 7.54. The Bertz CT molecular complexity index is 864. The number of hydrogen-bond donors (Lipinski definition) is 2. The first-order valence-electron chi connectivity index (χ1n) is 10.3. The normalized spacial score (nSPS) is 16.1. The maximum Gasteiger partial charge on any atom is 0.238 e. The van der Waals surface area contributed by atoms with Crippen molar-refractivity contribution in [3.05, 3.63) is 65.5 Å². The molecule has 2 amide bonds. The molecule has 30 heavy (non-hydrogen) atoms. The molecular formula is C23H29FN4O2. The molecule has 0 saturated carbocycles. The standard InChI is InChI=1S/C23H29FN4O2/c1-17-6-8-19(9-7-17)15-25-23(30)18(2)28-12-10-27(11-13-28)16-22(29)26-21-5-3-4-20(24)14-21/h3-9,14,18H,10-13,15-16H2,1-2H3,(H,25,30)(H,26,29)/t18-/m0/s1. The first-order valence-corrected chi connectivity index (χ1v) is 10.3. The van der Waals surface area contributed by atoms with Gasteiger partial charge in [0.1, 0.15) is 5.82 Å². The summed E-state index contributed by atoms with van der Waals surface area (Å²) in [5.41, 5.74) is 2.73. The van der Waals surface area contributed by atoms with Crippen LogP contribution in [-0.4, -0.2) is 60.4 Å². The second kappa shape index (κ2) is 10.3. The average molecular weight is 413 g/mol. The van der Waals surface area contributed by atoms with Crippen LogP contribution in [0.2, 0.25) is 0 Å². The maximum atomic E-state index is 13.2. The van der Waals surface area contributed by atoms with Crippen LogP contribution in [-0.2, 0) is 16.1 Å². The quantitative estimate of drug-likeness (QED) is 0.733. The number of nitrogens with one attached hydrogen (secondary N) is 2. The lowest BCUT2D eigenvalue weighted by molar-refractivity contribution is -0.127. The molecule has 0 radical (unpaired) electrons. The molecule has 7 heteroatoms. The van der Waals surface area contributed by atoms with Gasteiger partial charge in [-0.15, -0.1) is 0 Å². The molecule has 0 aliphatic carbocycles. The van der Waals surface area contributed by atoms with Gasteiger partial charge in [-0.05, 0) is 37.6 Å². The lowest BCUT2D eigenvalue weighted by Crippen LogP contribution is -2.54. The number of carbonyl (C=O) groups excluding carboxylic acids is 2. The zero-order valence-electron chi connectivity index (χ0n) is 17.5. The predicted octanol–water partition coefficient (Wildman–Crippen LogP) is 2.40. The number of anilines is 1. The van der Waals surface area contributed by atoms with Crippen LogP contribution in [0.25, 0.3) is 0 Å². The predicted molar refractivity (Wildman–Crippen MR) is 116 cm³/mol. The number of nitrogens with zero attached hydrogens (tertiary/aromatic N) is 2. The van der Waals surface area contributed by atoms with Crippen LogP contribution >= 0.6 is 0 Å². The van der Waals surface area contributed by atoms with Gasteiger partial charge in [0.2, 0.25) is 11.8 Å². The van der Waals surface area contributed by atoms with E-state index < -0.39 is 0 Å². The minimum atomic E-state index is -0.379. The Morgan fingerprint density at radius 3 is 2.43 bits per heavy atom. The second-order valence-corrected chi connectivity index (χ2v) is 7.75. The van der Waals surface area contributed by atoms with Crippen molar-refractivity contribution in [3.8, 4) is 0 Å². The molecular weight excluding hydrogens is 383 g/mol. The van der Waals surface area contributed by atoms with Gasteiger partial charge in [0.25, 0.3) is 0 Å². The molecule has 1 saturated heterocycles. The third kappa shape index (κ3) is 6.37. The number of amides is 2. The molecule has 1 atom stereocenters. The lowest BCUT2D eigenvalue weighted by Gasteiger charge is -2.37. The first-order chi connectivity index (χ1) is 14.4. The highest BCUT2D eigenvalue weighted by Crippen LogP contribution is 2.11. The number of rotatable bonds is 7. The summed E-state index contributed by atoms with van der Waals surface area (Å²) in [5, 5.41) is 5.72. The summed E-state index contributed by atoms with van der Waals surface area (Å²) in [5.74, 6) is -0.540. The zero-order valence-corrected chi connectivity index (χ0v) is 17.5. The zero-order chi connectivity index (χ0) is 21.5. The Hall–Kier alpha value is -2.77. The minimum absolute atomic E-state index is 0.00729. The molecule has 3 rings (SSSR count). The molecule has 0 unspecified atom stereocenters. The second-order valence-electron chi connectivity index (χ2n) is 7.75. The molecule has 2 N–H and O–H groups in total. The van der Waals surface area contributed by atoms with Crippen molar-refractivity contribution in [1.82, 2.24) is 15.1 Å². The molecule has 2 aromatic carbocycles. The van der Waals surface area contributed by atoms with Gasteiger partial charge in [-0.1, -0.05) is 35.9 Å². The summed E-state index contributed by atoms with van der Waals surface area (Å²) in [7, 11) is 0. The van der Waals surface area contributed by atoms with Gasteiger partial charge in [-0.25, -0.2) is 4.39 Å². The van der Waals surface area contributed by atoms with E-state index in [1.54, 1.807) is 12.1 Å². The molecule has 1 fully saturated rings. The van der Waals surface area contributed by atoms with Gasteiger partial charge < -0.3 is 10.6 Å². The van der Waals surface area contributed by atoms with E-state index in [-0.39, 0.29) is 30.2 Å². The molecule has 1 aliphatic heterocycles. The van der Waals surface area contributed by atoms with Crippen LogP contribution in [0.1, 0.15) is 18.1 Å². The van der Waals surface area contributed by atoms with E-state index in [0.29, 0.717) is 38.4 Å². The number of hydrogen-bond acceptors (Lipinski definition) is 4. The molecule has 0 aromatic heterocycles. The largest absolute Gasteiger partial charge is 0.351 e. The maximum absolute atomic E-state index is 13.2. The van der Waals surface area contributed by atoms with Crippen LogP contribution in [0.4, 0.5) is 10.1 Å². The van der Waals surface area contributed by atoms with E-state index in [1.807, 2.05) is 43.0 Å². The van der Waals surface area contributed by atoms with Gasteiger partial charge in [-0.3, -0.25) is 19.4 Å². The van der Waals surface area contributed by atoms with Crippen LogP contribution < -0.4 is 10.6 Å². The van der Waals surface area contributed by atoms with Crippen molar-refractivity contribution in [3.63, 3.8) is 0 Å². The first kappa shape index (κ1) is 21.9. The highest BCUT2D eigenvalue weighted by atomic mass is 19.1. The Morgan fingerprint density at radius 2 is 1.77 bits per heavy atom. The fourth-order valence-electron chi connectivity index (χ4n) is 3.49. The fraction of sp³-hybridized carbons (Fsp3) is 0.391. The van der Waals surface area contributed by atoms with Gasteiger partial charge >= 0.3 is 0 Å². The Morgan fingerprint density at radius 1 is 1.07 bits per heavy atom. The molecule has 160 valence electrons. The third-order valence-corrected chi connectivity index (χ3v) is 5.40. The summed E-state index contributed by atoms with van der Waals surface area (Å²) >= 11 is 0. The number of piperazine rings is 1. The Labute approximate surface area is 177 Å². The van der Waals surface area contributed by atoms with Crippen molar-refractivity contribution in [2.45, 2.75) is 26.4 Å². The van der Waals surface area contributed by atoms with E-state index >= 15 is 0 Å². The van der Waals surface area contributed by atoms with E-state index in [4.69, 9.17) is 0 Å². The topological polar surface area (TPSA) is 64.7 Å². The van der Waals surface area contributed by atoms with Crippen molar-refractivity contribution in [1.29, 1.82) is 0 Å². The average Bonchev–Trinajstić information content (AvgIpc) is 2.73. The van der Waals surface area contributed by atoms with Crippen LogP contribution in [0.15, 0.2) is 48.5 Å². The molecule has 1 heterocycles. The van der Waals surface area contributed by atoms with E-state index in [2.05, 4.69) is 15.5 Å². The number of carbonyl (C=O) groups is 2. The molecule has 6 nitrogen and oxygen atoms in total. The Balaban J connectivity index is 1.40. The summed E-state index contributed by atoms with van der Waals surface area (Å²) in [4.78, 5) is 28.9. The summed E-state index contributed by atoms with van der Waals surface area (Å²) in [6, 6.07) is 13.8. The highest BCUT2D eigenvalue weighted by molar-refractivity contribution is 5.92. The molecule has 0 spiro atoms. The van der Waals surface area contributed by atoms with Crippen molar-refractivity contribution >= 4 is 17.5 Å². The summed E-state index contributed by atoms with van der Waals surface area (Å²) < 4.78 is 13.2. The summed E-state index contributed by atoms with van der Waals surface area (Å²) in [6.07, 6.45) is 0.